The van der Waals surface area contributed by atoms with Crippen molar-refractivity contribution < 1.29 is 4.79 Å². The summed E-state index contributed by atoms with van der Waals surface area (Å²) < 4.78 is 1.97. The van der Waals surface area contributed by atoms with E-state index >= 15 is 0 Å². The number of hydrogen-bond acceptors (Lipinski definition) is 5. The highest BCUT2D eigenvalue weighted by molar-refractivity contribution is 7.99. The minimum Gasteiger partial charge on any atom is -0.325 e. The average Bonchev–Trinajstić information content (AvgIpc) is 3.04. The maximum atomic E-state index is 12.4. The van der Waals surface area contributed by atoms with E-state index in [1.807, 2.05) is 55.4 Å². The molecular formula is C22H26N4OS2. The van der Waals surface area contributed by atoms with Gasteiger partial charge in [-0.1, -0.05) is 59.8 Å². The Morgan fingerprint density at radius 2 is 1.69 bits per heavy atom. The van der Waals surface area contributed by atoms with Crippen LogP contribution in [0, 0.1) is 20.8 Å². The first-order chi connectivity index (χ1) is 13.9. The first-order valence-corrected chi connectivity index (χ1v) is 11.6. The summed E-state index contributed by atoms with van der Waals surface area (Å²) in [5, 5.41) is 12.3. The molecule has 3 rings (SSSR count). The fourth-order valence-corrected chi connectivity index (χ4v) is 4.55. The van der Waals surface area contributed by atoms with E-state index in [-0.39, 0.29) is 5.91 Å². The number of para-hydroxylation sites is 1. The van der Waals surface area contributed by atoms with Crippen LogP contribution in [-0.2, 0) is 23.3 Å². The molecule has 7 heteroatoms. The topological polar surface area (TPSA) is 59.8 Å². The van der Waals surface area contributed by atoms with Gasteiger partial charge in [0.05, 0.1) is 11.5 Å². The lowest BCUT2D eigenvalue weighted by Gasteiger charge is -2.11. The van der Waals surface area contributed by atoms with E-state index in [1.54, 1.807) is 0 Å². The number of aryl methyl sites for hydroxylation is 3. The number of anilines is 1. The number of thioether (sulfide) groups is 2. The van der Waals surface area contributed by atoms with Crippen LogP contribution in [0.15, 0.2) is 47.6 Å². The molecule has 0 saturated heterocycles. The number of aromatic nitrogens is 3. The summed E-state index contributed by atoms with van der Waals surface area (Å²) in [6.45, 7) is 6.09. The van der Waals surface area contributed by atoms with Gasteiger partial charge in [-0.3, -0.25) is 4.79 Å². The molecule has 0 radical (unpaired) electrons. The fourth-order valence-electron chi connectivity index (χ4n) is 2.86. The highest BCUT2D eigenvalue weighted by Gasteiger charge is 2.13. The normalized spacial score (nSPS) is 10.9. The van der Waals surface area contributed by atoms with Crippen molar-refractivity contribution in [3.8, 4) is 0 Å². The maximum absolute atomic E-state index is 12.4. The lowest BCUT2D eigenvalue weighted by atomic mass is 10.1. The Bertz CT molecular complexity index is 963. The van der Waals surface area contributed by atoms with E-state index < -0.39 is 0 Å². The van der Waals surface area contributed by atoms with Crippen LogP contribution in [0.1, 0.15) is 28.1 Å². The number of nitrogens with zero attached hydrogens (tertiary/aromatic N) is 3. The molecule has 1 heterocycles. The van der Waals surface area contributed by atoms with Gasteiger partial charge >= 0.3 is 0 Å². The molecule has 0 saturated carbocycles. The second-order valence-electron chi connectivity index (χ2n) is 7.04. The summed E-state index contributed by atoms with van der Waals surface area (Å²) in [5.41, 5.74) is 5.60. The summed E-state index contributed by atoms with van der Waals surface area (Å²) in [5.74, 6) is 2.90. The number of rotatable bonds is 8. The number of carbonyl (C=O) groups is 1. The van der Waals surface area contributed by atoms with Crippen LogP contribution >= 0.6 is 23.5 Å². The third-order valence-electron chi connectivity index (χ3n) is 4.62. The highest BCUT2D eigenvalue weighted by atomic mass is 32.2. The number of hydrogen-bond donors (Lipinski definition) is 1. The molecule has 0 atom stereocenters. The average molecular weight is 427 g/mol. The number of carbonyl (C=O) groups excluding carboxylic acids is 1. The van der Waals surface area contributed by atoms with Crippen LogP contribution in [0.2, 0.25) is 0 Å². The Hall–Kier alpha value is -2.25. The third-order valence-corrected chi connectivity index (χ3v) is 6.64. The molecule has 0 unspecified atom stereocenters. The molecule has 152 valence electrons. The molecule has 3 aromatic rings. The Labute approximate surface area is 180 Å². The van der Waals surface area contributed by atoms with Crippen LogP contribution in [0.4, 0.5) is 5.69 Å². The van der Waals surface area contributed by atoms with Gasteiger partial charge in [-0.15, -0.1) is 22.0 Å². The molecule has 0 aliphatic heterocycles. The van der Waals surface area contributed by atoms with Crippen LogP contribution in [0.25, 0.3) is 0 Å². The SMILES string of the molecule is Cc1ccc(CSCc2nnc(SCC(=O)Nc3c(C)cccc3C)n2C)cc1. The smallest absolute Gasteiger partial charge is 0.234 e. The molecular weight excluding hydrogens is 400 g/mol. The van der Waals surface area contributed by atoms with Crippen molar-refractivity contribution in [2.24, 2.45) is 7.05 Å². The van der Waals surface area contributed by atoms with E-state index in [1.165, 1.54) is 22.9 Å². The Kier molecular flexibility index (Phi) is 7.39. The predicted molar refractivity (Wildman–Crippen MR) is 122 cm³/mol. The second-order valence-corrected chi connectivity index (χ2v) is 8.97. The largest absolute Gasteiger partial charge is 0.325 e. The molecule has 1 N–H and O–H groups in total. The molecule has 0 aliphatic carbocycles. The van der Waals surface area contributed by atoms with E-state index in [4.69, 9.17) is 0 Å². The number of nitrogens with one attached hydrogen (secondary N) is 1. The zero-order valence-electron chi connectivity index (χ0n) is 17.2. The van der Waals surface area contributed by atoms with Crippen molar-refractivity contribution in [3.05, 3.63) is 70.5 Å². The Morgan fingerprint density at radius 3 is 2.38 bits per heavy atom. The van der Waals surface area contributed by atoms with Gasteiger partial charge in [0.1, 0.15) is 5.82 Å². The van der Waals surface area contributed by atoms with Crippen molar-refractivity contribution in [3.63, 3.8) is 0 Å². The molecule has 0 bridgehead atoms. The Balaban J connectivity index is 1.50. The summed E-state index contributed by atoms with van der Waals surface area (Å²) in [4.78, 5) is 12.4. The van der Waals surface area contributed by atoms with Crippen molar-refractivity contribution in [2.45, 2.75) is 37.4 Å². The molecule has 1 amide bonds. The summed E-state index contributed by atoms with van der Waals surface area (Å²) in [6, 6.07) is 14.6. The van der Waals surface area contributed by atoms with Gasteiger partial charge < -0.3 is 9.88 Å². The molecule has 0 aliphatic rings. The van der Waals surface area contributed by atoms with Crippen LogP contribution < -0.4 is 5.32 Å². The van der Waals surface area contributed by atoms with Gasteiger partial charge in [-0.05, 0) is 37.5 Å². The van der Waals surface area contributed by atoms with E-state index in [9.17, 15) is 4.79 Å². The number of amides is 1. The van der Waals surface area contributed by atoms with Crippen LogP contribution in [0.3, 0.4) is 0 Å². The fraction of sp³-hybridized carbons (Fsp3) is 0.318. The minimum absolute atomic E-state index is 0.0364. The second kappa shape index (κ2) is 9.98. The quantitative estimate of drug-likeness (QED) is 0.519. The summed E-state index contributed by atoms with van der Waals surface area (Å²) in [7, 11) is 1.95. The summed E-state index contributed by atoms with van der Waals surface area (Å²) in [6.07, 6.45) is 0. The summed E-state index contributed by atoms with van der Waals surface area (Å²) >= 11 is 3.22. The van der Waals surface area contributed by atoms with Gasteiger partial charge in [0, 0.05) is 18.5 Å². The monoisotopic (exact) mass is 426 g/mol. The van der Waals surface area contributed by atoms with Crippen LogP contribution in [-0.4, -0.2) is 26.4 Å². The molecule has 5 nitrogen and oxygen atoms in total. The van der Waals surface area contributed by atoms with Crippen molar-refractivity contribution in [2.75, 3.05) is 11.1 Å². The first kappa shape index (κ1) is 21.5. The lowest BCUT2D eigenvalue weighted by Crippen LogP contribution is -2.16. The van der Waals surface area contributed by atoms with Crippen molar-refractivity contribution >= 4 is 35.1 Å². The molecule has 2 aromatic carbocycles. The minimum atomic E-state index is -0.0364. The van der Waals surface area contributed by atoms with Crippen molar-refractivity contribution in [1.29, 1.82) is 0 Å². The molecule has 0 spiro atoms. The standard InChI is InChI=1S/C22H26N4OS2/c1-15-8-10-18(11-9-15)12-28-13-19-24-25-22(26(19)4)29-14-20(27)23-21-16(2)6-5-7-17(21)3/h5-11H,12-14H2,1-4H3,(H,23,27). The molecule has 1 aromatic heterocycles. The van der Waals surface area contributed by atoms with Gasteiger partial charge in [-0.25, -0.2) is 0 Å². The lowest BCUT2D eigenvalue weighted by molar-refractivity contribution is -0.113. The Morgan fingerprint density at radius 1 is 1.00 bits per heavy atom. The first-order valence-electron chi connectivity index (χ1n) is 9.44. The van der Waals surface area contributed by atoms with E-state index in [0.717, 1.165) is 39.3 Å². The highest BCUT2D eigenvalue weighted by Crippen LogP contribution is 2.23. The van der Waals surface area contributed by atoms with E-state index in [0.29, 0.717) is 5.75 Å². The zero-order valence-corrected chi connectivity index (χ0v) is 18.9. The third kappa shape index (κ3) is 5.87. The number of benzene rings is 2. The zero-order chi connectivity index (χ0) is 20.8. The van der Waals surface area contributed by atoms with Gasteiger partial charge in [0.25, 0.3) is 0 Å². The predicted octanol–water partition coefficient (Wildman–Crippen LogP) is 4.90. The molecule has 0 fully saturated rings. The van der Waals surface area contributed by atoms with Gasteiger partial charge in [0.15, 0.2) is 5.16 Å². The van der Waals surface area contributed by atoms with E-state index in [2.05, 4.69) is 46.7 Å². The maximum Gasteiger partial charge on any atom is 0.234 e. The van der Waals surface area contributed by atoms with Crippen molar-refractivity contribution in [1.82, 2.24) is 14.8 Å². The van der Waals surface area contributed by atoms with Gasteiger partial charge in [0.2, 0.25) is 5.91 Å². The van der Waals surface area contributed by atoms with Crippen LogP contribution in [0.5, 0.6) is 0 Å². The molecule has 29 heavy (non-hydrogen) atoms. The van der Waals surface area contributed by atoms with Gasteiger partial charge in [-0.2, -0.15) is 0 Å².